The summed E-state index contributed by atoms with van der Waals surface area (Å²) in [6.45, 7) is 5.55. The van der Waals surface area contributed by atoms with Crippen molar-refractivity contribution >= 4 is 5.69 Å². The number of rotatable bonds is 2. The Labute approximate surface area is 111 Å². The number of nitrogens with zero attached hydrogens (tertiary/aromatic N) is 3. The van der Waals surface area contributed by atoms with Crippen LogP contribution in [0.5, 0.6) is 11.6 Å². The molecular formula is C14H14N4O. The first-order chi connectivity index (χ1) is 9.02. The minimum absolute atomic E-state index is 0.183. The van der Waals surface area contributed by atoms with Crippen LogP contribution >= 0.6 is 0 Å². The minimum Gasteiger partial charge on any atom is -0.434 e. The van der Waals surface area contributed by atoms with Crippen molar-refractivity contribution in [2.45, 2.75) is 20.8 Å². The Hall–Kier alpha value is -2.61. The van der Waals surface area contributed by atoms with Gasteiger partial charge in [-0.25, -0.2) is 0 Å². The van der Waals surface area contributed by atoms with Crippen LogP contribution in [0.1, 0.15) is 22.4 Å². The van der Waals surface area contributed by atoms with Gasteiger partial charge in [0.25, 0.3) is 5.88 Å². The summed E-state index contributed by atoms with van der Waals surface area (Å²) >= 11 is 0. The molecule has 1 heterocycles. The highest BCUT2D eigenvalue weighted by molar-refractivity contribution is 5.56. The largest absolute Gasteiger partial charge is 0.434 e. The van der Waals surface area contributed by atoms with Crippen LogP contribution in [0.3, 0.4) is 0 Å². The summed E-state index contributed by atoms with van der Waals surface area (Å²) in [4.78, 5) is 0. The number of hydrogen-bond acceptors (Lipinski definition) is 5. The highest BCUT2D eigenvalue weighted by Gasteiger charge is 2.14. The summed E-state index contributed by atoms with van der Waals surface area (Å²) in [6.07, 6.45) is 0. The van der Waals surface area contributed by atoms with Crippen LogP contribution in [0, 0.1) is 32.1 Å². The van der Waals surface area contributed by atoms with E-state index < -0.39 is 0 Å². The second-order valence-electron chi connectivity index (χ2n) is 4.35. The maximum absolute atomic E-state index is 9.20. The Kier molecular flexibility index (Phi) is 3.34. The smallest absolute Gasteiger partial charge is 0.257 e. The summed E-state index contributed by atoms with van der Waals surface area (Å²) in [6, 6.07) is 7.53. The molecule has 2 aromatic rings. The van der Waals surface area contributed by atoms with Gasteiger partial charge in [0.2, 0.25) is 0 Å². The molecule has 0 saturated heterocycles. The molecule has 0 unspecified atom stereocenters. The van der Waals surface area contributed by atoms with Gasteiger partial charge in [0, 0.05) is 0 Å². The maximum atomic E-state index is 9.20. The normalized spacial score (nSPS) is 10.0. The Morgan fingerprint density at radius 2 is 1.95 bits per heavy atom. The highest BCUT2D eigenvalue weighted by atomic mass is 16.5. The molecule has 0 atom stereocenters. The van der Waals surface area contributed by atoms with Gasteiger partial charge in [-0.3, -0.25) is 0 Å². The van der Waals surface area contributed by atoms with E-state index in [2.05, 4.69) is 16.3 Å². The summed E-state index contributed by atoms with van der Waals surface area (Å²) in [7, 11) is 0. The first kappa shape index (κ1) is 12.8. The Bertz CT molecular complexity index is 674. The third-order valence-corrected chi connectivity index (χ3v) is 2.91. The molecule has 1 aromatic heterocycles. The van der Waals surface area contributed by atoms with E-state index in [0.717, 1.165) is 11.1 Å². The van der Waals surface area contributed by atoms with Crippen LogP contribution in [0.2, 0.25) is 0 Å². The van der Waals surface area contributed by atoms with E-state index >= 15 is 0 Å². The van der Waals surface area contributed by atoms with Gasteiger partial charge in [0.1, 0.15) is 11.6 Å². The molecule has 0 aliphatic rings. The Morgan fingerprint density at radius 1 is 1.21 bits per heavy atom. The van der Waals surface area contributed by atoms with Gasteiger partial charge in [-0.2, -0.15) is 10.4 Å². The molecule has 96 valence electrons. The van der Waals surface area contributed by atoms with Gasteiger partial charge in [-0.15, -0.1) is 5.10 Å². The van der Waals surface area contributed by atoms with Crippen molar-refractivity contribution in [3.63, 3.8) is 0 Å². The molecular weight excluding hydrogens is 240 g/mol. The Morgan fingerprint density at radius 3 is 2.63 bits per heavy atom. The van der Waals surface area contributed by atoms with Gasteiger partial charge in [0.15, 0.2) is 5.75 Å². The molecule has 0 aliphatic carbocycles. The first-order valence-electron chi connectivity index (χ1n) is 5.81. The molecule has 5 heteroatoms. The molecule has 0 spiro atoms. The zero-order valence-corrected chi connectivity index (χ0v) is 11.1. The van der Waals surface area contributed by atoms with Crippen molar-refractivity contribution in [1.82, 2.24) is 10.2 Å². The van der Waals surface area contributed by atoms with Crippen molar-refractivity contribution in [1.29, 1.82) is 5.26 Å². The average Bonchev–Trinajstić information content (AvgIpc) is 2.38. The molecule has 0 aliphatic heterocycles. The lowest BCUT2D eigenvalue weighted by atomic mass is 10.1. The number of ether oxygens (including phenoxy) is 1. The van der Waals surface area contributed by atoms with Gasteiger partial charge in [-0.05, 0) is 44.0 Å². The lowest BCUT2D eigenvalue weighted by Gasteiger charge is -2.10. The van der Waals surface area contributed by atoms with Crippen LogP contribution in [-0.4, -0.2) is 10.2 Å². The molecule has 2 N–H and O–H groups in total. The van der Waals surface area contributed by atoms with Crippen LogP contribution in [-0.2, 0) is 0 Å². The number of anilines is 1. The zero-order chi connectivity index (χ0) is 14.0. The summed E-state index contributed by atoms with van der Waals surface area (Å²) in [5.41, 5.74) is 9.20. The van der Waals surface area contributed by atoms with E-state index in [9.17, 15) is 5.26 Å². The van der Waals surface area contributed by atoms with Crippen LogP contribution < -0.4 is 10.5 Å². The van der Waals surface area contributed by atoms with Gasteiger partial charge < -0.3 is 10.5 Å². The lowest BCUT2D eigenvalue weighted by molar-refractivity contribution is 0.453. The van der Waals surface area contributed by atoms with Crippen molar-refractivity contribution in [2.75, 3.05) is 5.73 Å². The number of hydrogen-bond donors (Lipinski definition) is 1. The van der Waals surface area contributed by atoms with Crippen LogP contribution in [0.4, 0.5) is 5.69 Å². The monoisotopic (exact) mass is 254 g/mol. The Balaban J connectivity index is 2.47. The van der Waals surface area contributed by atoms with E-state index in [1.54, 1.807) is 19.1 Å². The van der Waals surface area contributed by atoms with Crippen LogP contribution in [0.15, 0.2) is 18.2 Å². The molecule has 1 aromatic carbocycles. The lowest BCUT2D eigenvalue weighted by Crippen LogP contribution is -2.02. The molecule has 0 saturated carbocycles. The molecule has 0 radical (unpaired) electrons. The van der Waals surface area contributed by atoms with E-state index in [1.165, 1.54) is 0 Å². The molecule has 0 amide bonds. The first-order valence-corrected chi connectivity index (χ1v) is 5.81. The quantitative estimate of drug-likeness (QED) is 0.833. The number of benzene rings is 1. The summed E-state index contributed by atoms with van der Waals surface area (Å²) in [5.74, 6) is 0.664. The summed E-state index contributed by atoms with van der Waals surface area (Å²) in [5, 5.41) is 17.1. The minimum atomic E-state index is 0.183. The maximum Gasteiger partial charge on any atom is 0.257 e. The van der Waals surface area contributed by atoms with Crippen molar-refractivity contribution in [2.24, 2.45) is 0 Å². The van der Waals surface area contributed by atoms with Gasteiger partial charge in [0.05, 0.1) is 11.4 Å². The van der Waals surface area contributed by atoms with Crippen molar-refractivity contribution in [3.05, 3.63) is 40.6 Å². The number of nitrogens with two attached hydrogens (primary N) is 1. The number of aryl methyl sites for hydroxylation is 2. The predicted molar refractivity (Wildman–Crippen MR) is 71.9 cm³/mol. The SMILES string of the molecule is Cc1ccc(N)c(Oc2nnc(C)c(C)c2C#N)c1. The molecule has 2 rings (SSSR count). The van der Waals surface area contributed by atoms with Gasteiger partial charge in [-0.1, -0.05) is 6.07 Å². The average molecular weight is 254 g/mol. The van der Waals surface area contributed by atoms with E-state index in [0.29, 0.717) is 22.7 Å². The van der Waals surface area contributed by atoms with E-state index in [1.807, 2.05) is 19.9 Å². The molecule has 19 heavy (non-hydrogen) atoms. The third kappa shape index (κ3) is 2.47. The van der Waals surface area contributed by atoms with Crippen molar-refractivity contribution < 1.29 is 4.74 Å². The standard InChI is InChI=1S/C14H14N4O/c1-8-4-5-12(16)13(6-8)19-14-11(7-15)9(2)10(3)17-18-14/h4-6H,16H2,1-3H3. The van der Waals surface area contributed by atoms with E-state index in [-0.39, 0.29) is 5.88 Å². The molecule has 0 fully saturated rings. The number of aromatic nitrogens is 2. The third-order valence-electron chi connectivity index (χ3n) is 2.91. The fourth-order valence-electron chi connectivity index (χ4n) is 1.62. The van der Waals surface area contributed by atoms with E-state index in [4.69, 9.17) is 10.5 Å². The summed E-state index contributed by atoms with van der Waals surface area (Å²) < 4.78 is 5.63. The van der Waals surface area contributed by atoms with Crippen LogP contribution in [0.25, 0.3) is 0 Å². The molecule has 5 nitrogen and oxygen atoms in total. The number of nitriles is 1. The number of nitrogen functional groups attached to an aromatic ring is 1. The highest BCUT2D eigenvalue weighted by Crippen LogP contribution is 2.30. The van der Waals surface area contributed by atoms with Gasteiger partial charge >= 0.3 is 0 Å². The fraction of sp³-hybridized carbons (Fsp3) is 0.214. The second kappa shape index (κ2) is 4.94. The van der Waals surface area contributed by atoms with Crippen molar-refractivity contribution in [3.8, 4) is 17.7 Å². The fourth-order valence-corrected chi connectivity index (χ4v) is 1.62. The second-order valence-corrected chi connectivity index (χ2v) is 4.35. The topological polar surface area (TPSA) is 84.8 Å². The molecule has 0 bridgehead atoms. The zero-order valence-electron chi connectivity index (χ0n) is 11.1. The predicted octanol–water partition coefficient (Wildman–Crippen LogP) is 2.65.